The van der Waals surface area contributed by atoms with Crippen molar-refractivity contribution in [1.29, 1.82) is 0 Å². The Morgan fingerprint density at radius 2 is 2.11 bits per heavy atom. The van der Waals surface area contributed by atoms with Crippen molar-refractivity contribution in [2.45, 2.75) is 31.8 Å². The third-order valence-corrected chi connectivity index (χ3v) is 3.77. The Morgan fingerprint density at radius 3 is 2.72 bits per heavy atom. The molecule has 0 aliphatic carbocycles. The predicted molar refractivity (Wildman–Crippen MR) is 73.2 cm³/mol. The minimum atomic E-state index is 0.248. The van der Waals surface area contributed by atoms with Crippen LogP contribution in [0.15, 0.2) is 30.3 Å². The minimum absolute atomic E-state index is 0.248. The summed E-state index contributed by atoms with van der Waals surface area (Å²) >= 11 is 0. The quantitative estimate of drug-likeness (QED) is 0.812. The zero-order chi connectivity index (χ0) is 13.0. The first-order valence-corrected chi connectivity index (χ1v) is 6.65. The minimum Gasteiger partial charge on any atom is -0.341 e. The van der Waals surface area contributed by atoms with E-state index in [9.17, 15) is 4.79 Å². The fourth-order valence-corrected chi connectivity index (χ4v) is 2.54. The molecule has 0 aromatic heterocycles. The van der Waals surface area contributed by atoms with E-state index in [1.165, 1.54) is 12.0 Å². The van der Waals surface area contributed by atoms with Gasteiger partial charge in [0.25, 0.3) is 0 Å². The monoisotopic (exact) mass is 246 g/mol. The summed E-state index contributed by atoms with van der Waals surface area (Å²) in [6, 6.07) is 10.6. The van der Waals surface area contributed by atoms with Crippen molar-refractivity contribution >= 4 is 5.91 Å². The van der Waals surface area contributed by atoms with Crippen LogP contribution in [0.25, 0.3) is 0 Å². The fourth-order valence-electron chi connectivity index (χ4n) is 2.54. The molecule has 0 saturated carbocycles. The van der Waals surface area contributed by atoms with Gasteiger partial charge in [0.15, 0.2) is 0 Å². The standard InChI is InChI=1S/C15H22N2O/c1-16-10-6-9-14(16)11-15(18)17(2)12-13-7-4-3-5-8-13/h3-5,7-8,14H,6,9-12H2,1-2H3. The van der Waals surface area contributed by atoms with Gasteiger partial charge in [-0.05, 0) is 32.0 Å². The highest BCUT2D eigenvalue weighted by molar-refractivity contribution is 5.76. The van der Waals surface area contributed by atoms with Crippen molar-refractivity contribution in [3.05, 3.63) is 35.9 Å². The molecule has 1 aliphatic rings. The van der Waals surface area contributed by atoms with Gasteiger partial charge in [0.1, 0.15) is 0 Å². The maximum atomic E-state index is 12.1. The smallest absolute Gasteiger partial charge is 0.224 e. The first-order valence-electron chi connectivity index (χ1n) is 6.65. The van der Waals surface area contributed by atoms with Crippen molar-refractivity contribution in [3.8, 4) is 0 Å². The molecular formula is C15H22N2O. The number of likely N-dealkylation sites (tertiary alicyclic amines) is 1. The van der Waals surface area contributed by atoms with Crippen LogP contribution in [0.4, 0.5) is 0 Å². The van der Waals surface area contributed by atoms with E-state index in [2.05, 4.69) is 24.1 Å². The van der Waals surface area contributed by atoms with Crippen molar-refractivity contribution in [2.24, 2.45) is 0 Å². The highest BCUT2D eigenvalue weighted by Crippen LogP contribution is 2.18. The number of hydrogen-bond donors (Lipinski definition) is 0. The summed E-state index contributed by atoms with van der Waals surface area (Å²) < 4.78 is 0. The number of nitrogens with zero attached hydrogens (tertiary/aromatic N) is 2. The molecule has 98 valence electrons. The summed E-state index contributed by atoms with van der Waals surface area (Å²) in [4.78, 5) is 16.3. The zero-order valence-corrected chi connectivity index (χ0v) is 11.3. The Bertz CT molecular complexity index is 391. The highest BCUT2D eigenvalue weighted by atomic mass is 16.2. The molecule has 0 spiro atoms. The second-order valence-corrected chi connectivity index (χ2v) is 5.22. The lowest BCUT2D eigenvalue weighted by molar-refractivity contribution is -0.131. The first kappa shape index (κ1) is 13.1. The van der Waals surface area contributed by atoms with Gasteiger partial charge in [-0.1, -0.05) is 30.3 Å². The van der Waals surface area contributed by atoms with Crippen LogP contribution in [0, 0.1) is 0 Å². The Morgan fingerprint density at radius 1 is 1.39 bits per heavy atom. The van der Waals surface area contributed by atoms with E-state index in [1.54, 1.807) is 0 Å². The number of carbonyl (C=O) groups excluding carboxylic acids is 1. The molecule has 1 aromatic rings. The number of rotatable bonds is 4. The lowest BCUT2D eigenvalue weighted by atomic mass is 10.1. The molecule has 18 heavy (non-hydrogen) atoms. The van der Waals surface area contributed by atoms with Crippen molar-refractivity contribution < 1.29 is 4.79 Å². The average Bonchev–Trinajstić information content (AvgIpc) is 2.76. The van der Waals surface area contributed by atoms with Gasteiger partial charge in [0.05, 0.1) is 0 Å². The van der Waals surface area contributed by atoms with Gasteiger partial charge in [-0.25, -0.2) is 0 Å². The lowest BCUT2D eigenvalue weighted by Crippen LogP contribution is -2.34. The molecule has 1 saturated heterocycles. The lowest BCUT2D eigenvalue weighted by Gasteiger charge is -2.23. The molecule has 1 aliphatic heterocycles. The molecule has 0 N–H and O–H groups in total. The van der Waals surface area contributed by atoms with Gasteiger partial charge < -0.3 is 9.80 Å². The number of carbonyl (C=O) groups is 1. The maximum Gasteiger partial charge on any atom is 0.224 e. The molecule has 1 atom stereocenters. The third-order valence-electron chi connectivity index (χ3n) is 3.77. The summed E-state index contributed by atoms with van der Waals surface area (Å²) in [6.07, 6.45) is 3.03. The summed E-state index contributed by atoms with van der Waals surface area (Å²) in [7, 11) is 4.01. The van der Waals surface area contributed by atoms with E-state index in [0.29, 0.717) is 19.0 Å². The molecule has 3 heteroatoms. The molecule has 1 aromatic carbocycles. The van der Waals surface area contributed by atoms with E-state index in [-0.39, 0.29) is 5.91 Å². The number of benzene rings is 1. The second-order valence-electron chi connectivity index (χ2n) is 5.22. The van der Waals surface area contributed by atoms with Crippen LogP contribution >= 0.6 is 0 Å². The van der Waals surface area contributed by atoms with Gasteiger partial charge in [-0.15, -0.1) is 0 Å². The average molecular weight is 246 g/mol. The molecule has 0 radical (unpaired) electrons. The SMILES string of the molecule is CN(Cc1ccccc1)C(=O)CC1CCCN1C. The van der Waals surface area contributed by atoms with Crippen LogP contribution < -0.4 is 0 Å². The van der Waals surface area contributed by atoms with Crippen molar-refractivity contribution in [2.75, 3.05) is 20.6 Å². The number of hydrogen-bond acceptors (Lipinski definition) is 2. The largest absolute Gasteiger partial charge is 0.341 e. The molecule has 1 fully saturated rings. The van der Waals surface area contributed by atoms with E-state index in [4.69, 9.17) is 0 Å². The Kier molecular flexibility index (Phi) is 4.37. The molecule has 0 bridgehead atoms. The third kappa shape index (κ3) is 3.33. The van der Waals surface area contributed by atoms with Crippen LogP contribution in [0.2, 0.25) is 0 Å². The van der Waals surface area contributed by atoms with Gasteiger partial charge in [0.2, 0.25) is 5.91 Å². The van der Waals surface area contributed by atoms with E-state index >= 15 is 0 Å². The normalized spacial score (nSPS) is 20.0. The predicted octanol–water partition coefficient (Wildman–Crippen LogP) is 2.13. The first-order chi connectivity index (χ1) is 8.66. The van der Waals surface area contributed by atoms with Crippen molar-refractivity contribution in [3.63, 3.8) is 0 Å². The van der Waals surface area contributed by atoms with Crippen LogP contribution in [-0.2, 0) is 11.3 Å². The fraction of sp³-hybridized carbons (Fsp3) is 0.533. The summed E-state index contributed by atoms with van der Waals surface area (Å²) in [5, 5.41) is 0. The Labute approximate surface area is 109 Å². The van der Waals surface area contributed by atoms with Gasteiger partial charge in [-0.3, -0.25) is 4.79 Å². The molecular weight excluding hydrogens is 224 g/mol. The van der Waals surface area contributed by atoms with E-state index < -0.39 is 0 Å². The highest BCUT2D eigenvalue weighted by Gasteiger charge is 2.24. The van der Waals surface area contributed by atoms with Gasteiger partial charge in [0, 0.05) is 26.1 Å². The molecule has 1 amide bonds. The summed E-state index contributed by atoms with van der Waals surface area (Å²) in [5.74, 6) is 0.248. The van der Waals surface area contributed by atoms with E-state index in [0.717, 1.165) is 13.0 Å². The van der Waals surface area contributed by atoms with Crippen LogP contribution in [-0.4, -0.2) is 42.4 Å². The second kappa shape index (κ2) is 6.01. The Hall–Kier alpha value is -1.35. The maximum absolute atomic E-state index is 12.1. The van der Waals surface area contributed by atoms with Crippen LogP contribution in [0.1, 0.15) is 24.8 Å². The summed E-state index contributed by atoms with van der Waals surface area (Å²) in [5.41, 5.74) is 1.19. The van der Waals surface area contributed by atoms with E-state index in [1.807, 2.05) is 30.1 Å². The zero-order valence-electron chi connectivity index (χ0n) is 11.3. The van der Waals surface area contributed by atoms with Gasteiger partial charge in [-0.2, -0.15) is 0 Å². The van der Waals surface area contributed by atoms with Crippen LogP contribution in [0.5, 0.6) is 0 Å². The Balaban J connectivity index is 1.85. The van der Waals surface area contributed by atoms with Crippen LogP contribution in [0.3, 0.4) is 0 Å². The number of amides is 1. The molecule has 2 rings (SSSR count). The molecule has 3 nitrogen and oxygen atoms in total. The molecule has 1 heterocycles. The van der Waals surface area contributed by atoms with Gasteiger partial charge >= 0.3 is 0 Å². The summed E-state index contributed by atoms with van der Waals surface area (Å²) in [6.45, 7) is 1.83. The topological polar surface area (TPSA) is 23.6 Å². The molecule has 1 unspecified atom stereocenters. The van der Waals surface area contributed by atoms with Crippen molar-refractivity contribution in [1.82, 2.24) is 9.80 Å².